The van der Waals surface area contributed by atoms with Crippen LogP contribution in [0, 0.1) is 0 Å². The summed E-state index contributed by atoms with van der Waals surface area (Å²) in [4.78, 5) is 11.2. The maximum Gasteiger partial charge on any atom is 0.170 e. The zero-order valence-electron chi connectivity index (χ0n) is 9.01. The van der Waals surface area contributed by atoms with Gasteiger partial charge in [0.2, 0.25) is 0 Å². The fraction of sp³-hybridized carbons (Fsp3) is 0.250. The summed E-state index contributed by atoms with van der Waals surface area (Å²) >= 11 is 3.41. The molecular weight excluding hydrogens is 282 g/mol. The van der Waals surface area contributed by atoms with Gasteiger partial charge in [-0.1, -0.05) is 33.3 Å². The molecule has 2 aromatic rings. The molecule has 0 N–H and O–H groups in total. The Morgan fingerprint density at radius 3 is 2.88 bits per heavy atom. The lowest BCUT2D eigenvalue weighted by Crippen LogP contribution is -2.01. The first kappa shape index (κ1) is 10.7. The fourth-order valence-electron chi connectivity index (χ4n) is 1.84. The molecule has 0 unspecified atom stereocenters. The second kappa shape index (κ2) is 4.07. The lowest BCUT2D eigenvalue weighted by Gasteiger charge is -2.00. The van der Waals surface area contributed by atoms with Crippen LogP contribution in [0.3, 0.4) is 0 Å². The quantitative estimate of drug-likeness (QED) is 0.817. The van der Waals surface area contributed by atoms with E-state index in [0.29, 0.717) is 17.4 Å². The minimum Gasteiger partial charge on any atom is -0.296 e. The summed E-state index contributed by atoms with van der Waals surface area (Å²) in [6, 6.07) is 8.09. The molecule has 1 aliphatic carbocycles. The molecule has 86 valence electrons. The summed E-state index contributed by atoms with van der Waals surface area (Å²) in [5.74, 6) is 0. The molecule has 4 nitrogen and oxygen atoms in total. The van der Waals surface area contributed by atoms with Crippen LogP contribution in [0.25, 0.3) is 11.3 Å². The highest BCUT2D eigenvalue weighted by molar-refractivity contribution is 9.10. The normalized spacial score (nSPS) is 14.9. The Morgan fingerprint density at radius 1 is 1.41 bits per heavy atom. The summed E-state index contributed by atoms with van der Waals surface area (Å²) in [5, 5.41) is 8.20. The van der Waals surface area contributed by atoms with Gasteiger partial charge in [-0.2, -0.15) is 0 Å². The van der Waals surface area contributed by atoms with E-state index < -0.39 is 0 Å². The summed E-state index contributed by atoms with van der Waals surface area (Å²) in [6.07, 6.45) is 3.01. The van der Waals surface area contributed by atoms with Crippen molar-refractivity contribution < 1.29 is 4.79 Å². The Labute approximate surface area is 107 Å². The standard InChI is InChI=1S/C12H10BrN3O/c13-9-3-1-2-8(6-9)12-11(7-17)16(15-14-12)10-4-5-10/h1-3,6-7,10H,4-5H2. The molecule has 5 heteroatoms. The van der Waals surface area contributed by atoms with E-state index in [0.717, 1.165) is 29.2 Å². The molecule has 1 aliphatic rings. The third kappa shape index (κ3) is 1.91. The van der Waals surface area contributed by atoms with Gasteiger partial charge >= 0.3 is 0 Å². The van der Waals surface area contributed by atoms with E-state index in [9.17, 15) is 4.79 Å². The molecule has 1 aromatic heterocycles. The number of aldehydes is 1. The minimum atomic E-state index is 0.364. The first-order chi connectivity index (χ1) is 8.29. The van der Waals surface area contributed by atoms with Gasteiger partial charge in [-0.05, 0) is 25.0 Å². The molecule has 1 aromatic carbocycles. The Morgan fingerprint density at radius 2 is 2.24 bits per heavy atom. The van der Waals surface area contributed by atoms with Crippen molar-refractivity contribution in [1.82, 2.24) is 15.0 Å². The molecule has 0 saturated heterocycles. The maximum absolute atomic E-state index is 11.2. The monoisotopic (exact) mass is 291 g/mol. The highest BCUT2D eigenvalue weighted by Gasteiger charge is 2.29. The molecule has 3 rings (SSSR count). The van der Waals surface area contributed by atoms with Crippen LogP contribution in [0.15, 0.2) is 28.7 Å². The van der Waals surface area contributed by atoms with Gasteiger partial charge in [-0.15, -0.1) is 5.10 Å². The van der Waals surface area contributed by atoms with E-state index in [1.165, 1.54) is 0 Å². The third-order valence-corrected chi connectivity index (χ3v) is 3.33. The Hall–Kier alpha value is -1.49. The molecule has 0 amide bonds. The molecule has 1 heterocycles. The van der Waals surface area contributed by atoms with Gasteiger partial charge in [0.05, 0.1) is 6.04 Å². The van der Waals surface area contributed by atoms with Gasteiger partial charge < -0.3 is 0 Å². The second-order valence-corrected chi connectivity index (χ2v) is 5.04. The van der Waals surface area contributed by atoms with Crippen molar-refractivity contribution in [3.63, 3.8) is 0 Å². The van der Waals surface area contributed by atoms with Gasteiger partial charge in [0, 0.05) is 10.0 Å². The smallest absolute Gasteiger partial charge is 0.170 e. The third-order valence-electron chi connectivity index (χ3n) is 2.83. The average molecular weight is 292 g/mol. The summed E-state index contributed by atoms with van der Waals surface area (Å²) in [7, 11) is 0. The lowest BCUT2D eigenvalue weighted by atomic mass is 10.1. The molecule has 0 radical (unpaired) electrons. The molecule has 17 heavy (non-hydrogen) atoms. The highest BCUT2D eigenvalue weighted by atomic mass is 79.9. The number of halogens is 1. The van der Waals surface area contributed by atoms with E-state index >= 15 is 0 Å². The summed E-state index contributed by atoms with van der Waals surface area (Å²) in [5.41, 5.74) is 2.15. The number of carbonyl (C=O) groups is 1. The molecule has 0 spiro atoms. The SMILES string of the molecule is O=Cc1c(-c2cccc(Br)c2)nnn1C1CC1. The molecule has 0 bridgehead atoms. The topological polar surface area (TPSA) is 47.8 Å². The number of hydrogen-bond acceptors (Lipinski definition) is 3. The van der Waals surface area contributed by atoms with Crippen molar-refractivity contribution in [1.29, 1.82) is 0 Å². The zero-order valence-corrected chi connectivity index (χ0v) is 10.6. The maximum atomic E-state index is 11.2. The second-order valence-electron chi connectivity index (χ2n) is 4.13. The van der Waals surface area contributed by atoms with Gasteiger partial charge in [0.25, 0.3) is 0 Å². The van der Waals surface area contributed by atoms with Crippen LogP contribution in [0.4, 0.5) is 0 Å². The molecular formula is C12H10BrN3O. The van der Waals surface area contributed by atoms with Crippen molar-refractivity contribution in [3.8, 4) is 11.3 Å². The Bertz CT molecular complexity index is 575. The van der Waals surface area contributed by atoms with Gasteiger partial charge in [-0.25, -0.2) is 4.68 Å². The molecule has 1 saturated carbocycles. The summed E-state index contributed by atoms with van der Waals surface area (Å²) in [6.45, 7) is 0. The minimum absolute atomic E-state index is 0.364. The molecule has 1 fully saturated rings. The number of carbonyl (C=O) groups excluding carboxylic acids is 1. The van der Waals surface area contributed by atoms with E-state index in [1.54, 1.807) is 4.68 Å². The zero-order chi connectivity index (χ0) is 11.8. The van der Waals surface area contributed by atoms with Crippen molar-refractivity contribution >= 4 is 22.2 Å². The number of nitrogens with zero attached hydrogens (tertiary/aromatic N) is 3. The summed E-state index contributed by atoms with van der Waals surface area (Å²) < 4.78 is 2.70. The van der Waals surface area contributed by atoms with Crippen LogP contribution >= 0.6 is 15.9 Å². The van der Waals surface area contributed by atoms with Crippen molar-refractivity contribution in [3.05, 3.63) is 34.4 Å². The number of hydrogen-bond donors (Lipinski definition) is 0. The van der Waals surface area contributed by atoms with Crippen LogP contribution in [0.2, 0.25) is 0 Å². The van der Waals surface area contributed by atoms with Crippen molar-refractivity contribution in [2.24, 2.45) is 0 Å². The lowest BCUT2D eigenvalue weighted by molar-refractivity contribution is 0.111. The van der Waals surface area contributed by atoms with Crippen LogP contribution in [-0.4, -0.2) is 21.3 Å². The Kier molecular flexibility index (Phi) is 2.55. The van der Waals surface area contributed by atoms with Crippen molar-refractivity contribution in [2.45, 2.75) is 18.9 Å². The average Bonchev–Trinajstić information content (AvgIpc) is 3.08. The Balaban J connectivity index is 2.11. The van der Waals surface area contributed by atoms with E-state index in [1.807, 2.05) is 24.3 Å². The van der Waals surface area contributed by atoms with Crippen LogP contribution in [0.5, 0.6) is 0 Å². The predicted molar refractivity (Wildman–Crippen MR) is 66.8 cm³/mol. The van der Waals surface area contributed by atoms with E-state index in [2.05, 4.69) is 26.2 Å². The molecule has 0 aliphatic heterocycles. The number of rotatable bonds is 3. The fourth-order valence-corrected chi connectivity index (χ4v) is 2.24. The van der Waals surface area contributed by atoms with Gasteiger partial charge in [0.15, 0.2) is 6.29 Å². The van der Waals surface area contributed by atoms with Crippen molar-refractivity contribution in [2.75, 3.05) is 0 Å². The molecule has 0 atom stereocenters. The highest BCUT2D eigenvalue weighted by Crippen LogP contribution is 2.36. The van der Waals surface area contributed by atoms with Gasteiger partial charge in [-0.3, -0.25) is 4.79 Å². The predicted octanol–water partition coefficient (Wildman–Crippen LogP) is 2.86. The van der Waals surface area contributed by atoms with E-state index in [4.69, 9.17) is 0 Å². The van der Waals surface area contributed by atoms with Crippen LogP contribution in [-0.2, 0) is 0 Å². The largest absolute Gasteiger partial charge is 0.296 e. The first-order valence-electron chi connectivity index (χ1n) is 5.46. The van der Waals surface area contributed by atoms with Crippen LogP contribution in [0.1, 0.15) is 29.4 Å². The van der Waals surface area contributed by atoms with Crippen LogP contribution < -0.4 is 0 Å². The number of aromatic nitrogens is 3. The first-order valence-corrected chi connectivity index (χ1v) is 6.25. The van der Waals surface area contributed by atoms with Gasteiger partial charge in [0.1, 0.15) is 11.4 Å². The van der Waals surface area contributed by atoms with E-state index in [-0.39, 0.29) is 0 Å². The number of benzene rings is 1.